The number of hydrogen-bond acceptors (Lipinski definition) is 3. The second kappa shape index (κ2) is 7.00. The van der Waals surface area contributed by atoms with E-state index in [2.05, 4.69) is 0 Å². The molecule has 0 radical (unpaired) electrons. The van der Waals surface area contributed by atoms with Gasteiger partial charge in [-0.1, -0.05) is 0 Å². The standard InChI is InChI=1S/C17H16F3IO3/c1-10-9-11(2)14(15(22)12(10)3)21(13-7-5-4-6-8-13)24-16(23)17(18,19)20/h4-9,22H,1-3H3. The molecule has 3 nitrogen and oxygen atoms in total. The summed E-state index contributed by atoms with van der Waals surface area (Å²) >= 11 is -3.27. The third-order valence-electron chi connectivity index (χ3n) is 3.42. The molecule has 0 aliphatic rings. The number of alkyl halides is 3. The van der Waals surface area contributed by atoms with Crippen molar-refractivity contribution in [1.29, 1.82) is 0 Å². The molecule has 0 saturated heterocycles. The first-order valence-corrected chi connectivity index (χ1v) is 10.0. The summed E-state index contributed by atoms with van der Waals surface area (Å²) in [6.07, 6.45) is -5.08. The summed E-state index contributed by atoms with van der Waals surface area (Å²) in [7, 11) is 0. The number of aromatic hydroxyl groups is 1. The van der Waals surface area contributed by atoms with Crippen LogP contribution in [0.1, 0.15) is 16.7 Å². The van der Waals surface area contributed by atoms with E-state index in [1.165, 1.54) is 0 Å². The van der Waals surface area contributed by atoms with Gasteiger partial charge in [0.2, 0.25) is 0 Å². The molecule has 0 heterocycles. The first-order valence-electron chi connectivity index (χ1n) is 6.97. The van der Waals surface area contributed by atoms with Crippen molar-refractivity contribution in [1.82, 2.24) is 0 Å². The number of carbonyl (C=O) groups excluding carboxylic acids is 1. The third kappa shape index (κ3) is 3.82. The quantitative estimate of drug-likeness (QED) is 0.676. The molecule has 0 aromatic heterocycles. The van der Waals surface area contributed by atoms with E-state index in [4.69, 9.17) is 3.07 Å². The first-order chi connectivity index (χ1) is 11.1. The molecule has 2 aromatic carbocycles. The van der Waals surface area contributed by atoms with E-state index in [-0.39, 0.29) is 5.75 Å². The molecular weight excluding hydrogens is 436 g/mol. The normalized spacial score (nSPS) is 12.0. The molecule has 0 saturated carbocycles. The molecule has 0 unspecified atom stereocenters. The molecule has 0 aliphatic heterocycles. The summed E-state index contributed by atoms with van der Waals surface area (Å²) in [5.74, 6) is -2.33. The Morgan fingerprint density at radius 2 is 1.67 bits per heavy atom. The zero-order valence-electron chi connectivity index (χ0n) is 13.2. The second-order valence-electron chi connectivity index (χ2n) is 5.20. The zero-order chi connectivity index (χ0) is 18.1. The Morgan fingerprint density at radius 3 is 2.21 bits per heavy atom. The number of carbonyl (C=O) groups is 1. The van der Waals surface area contributed by atoms with E-state index in [1.54, 1.807) is 57.2 Å². The van der Waals surface area contributed by atoms with Crippen molar-refractivity contribution in [3.8, 4) is 5.75 Å². The molecule has 24 heavy (non-hydrogen) atoms. The molecule has 0 spiro atoms. The molecule has 0 fully saturated rings. The number of phenols is 1. The third-order valence-corrected chi connectivity index (χ3v) is 8.45. The Labute approximate surface area is 145 Å². The monoisotopic (exact) mass is 452 g/mol. The Balaban J connectivity index is 2.60. The van der Waals surface area contributed by atoms with Crippen molar-refractivity contribution >= 4 is 26.2 Å². The van der Waals surface area contributed by atoms with Crippen LogP contribution in [0.3, 0.4) is 0 Å². The molecule has 130 valence electrons. The van der Waals surface area contributed by atoms with Crippen LogP contribution in [0, 0.1) is 27.9 Å². The van der Waals surface area contributed by atoms with Crippen molar-refractivity contribution < 1.29 is 26.1 Å². The predicted molar refractivity (Wildman–Crippen MR) is 92.3 cm³/mol. The summed E-state index contributed by atoms with van der Waals surface area (Å²) < 4.78 is 43.7. The van der Waals surface area contributed by atoms with Gasteiger partial charge in [0.25, 0.3) is 0 Å². The summed E-state index contributed by atoms with van der Waals surface area (Å²) in [6, 6.07) is 10.0. The molecule has 0 bridgehead atoms. The van der Waals surface area contributed by atoms with E-state index >= 15 is 0 Å². The van der Waals surface area contributed by atoms with Crippen LogP contribution in [0.5, 0.6) is 5.75 Å². The topological polar surface area (TPSA) is 46.5 Å². The van der Waals surface area contributed by atoms with Gasteiger partial charge in [-0.25, -0.2) is 0 Å². The van der Waals surface area contributed by atoms with E-state index in [1.807, 2.05) is 0 Å². The Hall–Kier alpha value is -1.77. The van der Waals surface area contributed by atoms with Gasteiger partial charge in [0.15, 0.2) is 0 Å². The van der Waals surface area contributed by atoms with E-state index in [0.29, 0.717) is 18.3 Å². The average Bonchev–Trinajstić information content (AvgIpc) is 2.51. The summed E-state index contributed by atoms with van der Waals surface area (Å²) in [6.45, 7) is 5.17. The second-order valence-corrected chi connectivity index (χ2v) is 9.39. The maximum atomic E-state index is 12.7. The fourth-order valence-electron chi connectivity index (χ4n) is 2.09. The Kier molecular flexibility index (Phi) is 5.42. The van der Waals surface area contributed by atoms with Gasteiger partial charge >= 0.3 is 145 Å². The maximum absolute atomic E-state index is 12.7. The molecular formula is C17H16F3IO3. The van der Waals surface area contributed by atoms with Gasteiger partial charge in [-0.3, -0.25) is 0 Å². The molecule has 0 aliphatic carbocycles. The number of aryl methyl sites for hydroxylation is 2. The van der Waals surface area contributed by atoms with Crippen molar-refractivity contribution in [3.05, 3.63) is 60.2 Å². The van der Waals surface area contributed by atoms with Crippen LogP contribution >= 0.6 is 20.2 Å². The molecule has 0 amide bonds. The summed E-state index contributed by atoms with van der Waals surface area (Å²) in [4.78, 5) is 11.4. The van der Waals surface area contributed by atoms with Gasteiger partial charge < -0.3 is 0 Å². The fraction of sp³-hybridized carbons (Fsp3) is 0.235. The van der Waals surface area contributed by atoms with Gasteiger partial charge in [0.05, 0.1) is 0 Å². The van der Waals surface area contributed by atoms with Crippen LogP contribution in [-0.2, 0) is 7.86 Å². The molecule has 1 N–H and O–H groups in total. The minimum atomic E-state index is -5.08. The van der Waals surface area contributed by atoms with Crippen LogP contribution in [0.4, 0.5) is 13.2 Å². The SMILES string of the molecule is Cc1cc(C)c(I(OC(=O)C(F)(F)F)c2ccccc2)c(O)c1C. The predicted octanol–water partition coefficient (Wildman–Crippen LogP) is 4.88. The van der Waals surface area contributed by atoms with Crippen molar-refractivity contribution in [2.45, 2.75) is 26.9 Å². The van der Waals surface area contributed by atoms with Gasteiger partial charge in [0.1, 0.15) is 0 Å². The van der Waals surface area contributed by atoms with E-state index in [9.17, 15) is 23.1 Å². The zero-order valence-corrected chi connectivity index (χ0v) is 15.4. The Bertz CT molecular complexity index is 758. The average molecular weight is 452 g/mol. The van der Waals surface area contributed by atoms with E-state index < -0.39 is 32.4 Å². The Morgan fingerprint density at radius 1 is 1.08 bits per heavy atom. The molecule has 7 heteroatoms. The van der Waals surface area contributed by atoms with E-state index in [0.717, 1.165) is 5.56 Å². The van der Waals surface area contributed by atoms with Crippen molar-refractivity contribution in [3.63, 3.8) is 0 Å². The fourth-order valence-corrected chi connectivity index (χ4v) is 6.70. The van der Waals surface area contributed by atoms with Crippen LogP contribution < -0.4 is 0 Å². The number of phenolic OH excluding ortho intramolecular Hbond substituents is 1. The van der Waals surface area contributed by atoms with Crippen LogP contribution in [0.25, 0.3) is 0 Å². The van der Waals surface area contributed by atoms with Gasteiger partial charge in [-0.05, 0) is 0 Å². The molecule has 2 rings (SSSR count). The van der Waals surface area contributed by atoms with Gasteiger partial charge in [-0.2, -0.15) is 0 Å². The number of halogens is 4. The molecule has 0 atom stereocenters. The van der Waals surface area contributed by atoms with Crippen LogP contribution in [0.15, 0.2) is 36.4 Å². The van der Waals surface area contributed by atoms with Crippen molar-refractivity contribution in [2.75, 3.05) is 0 Å². The minimum absolute atomic E-state index is 0.100. The summed E-state index contributed by atoms with van der Waals surface area (Å²) in [5, 5.41) is 10.5. The van der Waals surface area contributed by atoms with Crippen molar-refractivity contribution in [2.24, 2.45) is 0 Å². The number of rotatable bonds is 3. The van der Waals surface area contributed by atoms with Gasteiger partial charge in [-0.15, -0.1) is 0 Å². The van der Waals surface area contributed by atoms with Crippen LogP contribution in [0.2, 0.25) is 0 Å². The summed E-state index contributed by atoms with van der Waals surface area (Å²) in [5.41, 5.74) is 2.00. The van der Waals surface area contributed by atoms with Crippen LogP contribution in [-0.4, -0.2) is 17.3 Å². The number of hydrogen-bond donors (Lipinski definition) is 1. The molecule has 2 aromatic rings. The first kappa shape index (κ1) is 18.6. The number of benzene rings is 2. The van der Waals surface area contributed by atoms with Gasteiger partial charge in [0, 0.05) is 0 Å².